The standard InChI is InChI=1S/C16H15F2N/c17-14-8-4-7-13(9-14)16(18)10-15(16)19-11-12-5-2-1-3-6-12/h1-9,15,19H,10-11H2. The highest BCUT2D eigenvalue weighted by Gasteiger charge is 2.56. The number of rotatable bonds is 4. The molecule has 3 heteroatoms. The zero-order valence-corrected chi connectivity index (χ0v) is 10.4. The number of benzene rings is 2. The molecule has 2 aromatic rings. The van der Waals surface area contributed by atoms with Crippen LogP contribution in [0.4, 0.5) is 8.78 Å². The van der Waals surface area contributed by atoms with Crippen LogP contribution in [0.3, 0.4) is 0 Å². The van der Waals surface area contributed by atoms with Crippen molar-refractivity contribution in [2.75, 3.05) is 0 Å². The number of alkyl halides is 1. The van der Waals surface area contributed by atoms with Gasteiger partial charge in [-0.3, -0.25) is 0 Å². The minimum Gasteiger partial charge on any atom is -0.306 e. The first kappa shape index (κ1) is 12.3. The number of hydrogen-bond acceptors (Lipinski definition) is 1. The quantitative estimate of drug-likeness (QED) is 0.885. The SMILES string of the molecule is Fc1cccc(C2(F)CC2NCc2ccccc2)c1. The molecule has 98 valence electrons. The molecular formula is C16H15F2N. The number of hydrogen-bond donors (Lipinski definition) is 1. The van der Waals surface area contributed by atoms with Crippen LogP contribution >= 0.6 is 0 Å². The molecule has 0 saturated heterocycles. The van der Waals surface area contributed by atoms with Crippen LogP contribution in [0.25, 0.3) is 0 Å². The van der Waals surface area contributed by atoms with E-state index in [9.17, 15) is 8.78 Å². The third-order valence-electron chi connectivity index (χ3n) is 3.59. The molecule has 0 aromatic heterocycles. The number of halogens is 2. The van der Waals surface area contributed by atoms with Crippen molar-refractivity contribution in [2.45, 2.75) is 24.7 Å². The van der Waals surface area contributed by atoms with E-state index in [0.29, 0.717) is 18.5 Å². The Hall–Kier alpha value is -1.74. The van der Waals surface area contributed by atoms with Crippen molar-refractivity contribution >= 4 is 0 Å². The van der Waals surface area contributed by atoms with Crippen LogP contribution in [0, 0.1) is 5.82 Å². The molecule has 1 nitrogen and oxygen atoms in total. The van der Waals surface area contributed by atoms with E-state index < -0.39 is 5.67 Å². The van der Waals surface area contributed by atoms with Gasteiger partial charge < -0.3 is 5.32 Å². The van der Waals surface area contributed by atoms with Gasteiger partial charge in [0.2, 0.25) is 0 Å². The maximum absolute atomic E-state index is 14.6. The zero-order chi connectivity index (χ0) is 13.3. The third-order valence-corrected chi connectivity index (χ3v) is 3.59. The van der Waals surface area contributed by atoms with Crippen molar-refractivity contribution in [3.05, 3.63) is 71.5 Å². The monoisotopic (exact) mass is 259 g/mol. The summed E-state index contributed by atoms with van der Waals surface area (Å²) in [6.45, 7) is 0.631. The molecular weight excluding hydrogens is 244 g/mol. The summed E-state index contributed by atoms with van der Waals surface area (Å²) in [4.78, 5) is 0. The molecule has 1 saturated carbocycles. The second-order valence-corrected chi connectivity index (χ2v) is 5.00. The Morgan fingerprint density at radius 3 is 2.63 bits per heavy atom. The molecule has 0 aliphatic heterocycles. The molecule has 2 atom stereocenters. The van der Waals surface area contributed by atoms with Gasteiger partial charge in [-0.1, -0.05) is 42.5 Å². The largest absolute Gasteiger partial charge is 0.306 e. The predicted octanol–water partition coefficient (Wildman–Crippen LogP) is 3.55. The van der Waals surface area contributed by atoms with E-state index >= 15 is 0 Å². The fraction of sp³-hybridized carbons (Fsp3) is 0.250. The summed E-state index contributed by atoms with van der Waals surface area (Å²) >= 11 is 0. The molecule has 0 bridgehead atoms. The highest BCUT2D eigenvalue weighted by atomic mass is 19.1. The van der Waals surface area contributed by atoms with Gasteiger partial charge in [-0.2, -0.15) is 0 Å². The van der Waals surface area contributed by atoms with Gasteiger partial charge in [0.15, 0.2) is 5.67 Å². The second-order valence-electron chi connectivity index (χ2n) is 5.00. The first-order chi connectivity index (χ1) is 9.18. The molecule has 3 rings (SSSR count). The van der Waals surface area contributed by atoms with Crippen molar-refractivity contribution in [3.8, 4) is 0 Å². The molecule has 0 heterocycles. The Kier molecular flexibility index (Phi) is 3.07. The predicted molar refractivity (Wildman–Crippen MR) is 70.9 cm³/mol. The van der Waals surface area contributed by atoms with E-state index in [-0.39, 0.29) is 11.9 Å². The highest BCUT2D eigenvalue weighted by Crippen LogP contribution is 2.50. The van der Waals surface area contributed by atoms with Crippen LogP contribution in [0.15, 0.2) is 54.6 Å². The maximum Gasteiger partial charge on any atom is 0.153 e. The van der Waals surface area contributed by atoms with E-state index in [1.165, 1.54) is 12.1 Å². The van der Waals surface area contributed by atoms with Crippen LogP contribution in [0.1, 0.15) is 17.5 Å². The van der Waals surface area contributed by atoms with Gasteiger partial charge in [0.1, 0.15) is 5.82 Å². The Balaban J connectivity index is 1.64. The van der Waals surface area contributed by atoms with Crippen molar-refractivity contribution in [1.82, 2.24) is 5.32 Å². The van der Waals surface area contributed by atoms with Gasteiger partial charge in [-0.15, -0.1) is 0 Å². The van der Waals surface area contributed by atoms with Crippen LogP contribution < -0.4 is 5.32 Å². The summed E-state index contributed by atoms with van der Waals surface area (Å²) in [6, 6.07) is 15.5. The zero-order valence-electron chi connectivity index (χ0n) is 10.4. The lowest BCUT2D eigenvalue weighted by Gasteiger charge is -2.09. The smallest absolute Gasteiger partial charge is 0.153 e. The summed E-state index contributed by atoms with van der Waals surface area (Å²) in [5.74, 6) is -0.386. The molecule has 0 spiro atoms. The molecule has 1 N–H and O–H groups in total. The molecule has 1 aliphatic rings. The lowest BCUT2D eigenvalue weighted by atomic mass is 10.1. The Bertz CT molecular complexity index is 570. The van der Waals surface area contributed by atoms with Crippen LogP contribution in [0.5, 0.6) is 0 Å². The highest BCUT2D eigenvalue weighted by molar-refractivity contribution is 5.33. The van der Waals surface area contributed by atoms with Gasteiger partial charge in [-0.05, 0) is 23.3 Å². The summed E-state index contributed by atoms with van der Waals surface area (Å²) in [5, 5.41) is 3.18. The van der Waals surface area contributed by atoms with Gasteiger partial charge >= 0.3 is 0 Å². The van der Waals surface area contributed by atoms with E-state index in [1.807, 2.05) is 30.3 Å². The first-order valence-corrected chi connectivity index (χ1v) is 6.41. The number of nitrogens with one attached hydrogen (secondary N) is 1. The van der Waals surface area contributed by atoms with Crippen molar-refractivity contribution in [2.24, 2.45) is 0 Å². The second kappa shape index (κ2) is 4.74. The third kappa shape index (κ3) is 2.51. The molecule has 0 radical (unpaired) electrons. The fourth-order valence-electron chi connectivity index (χ4n) is 2.38. The van der Waals surface area contributed by atoms with Crippen molar-refractivity contribution in [3.63, 3.8) is 0 Å². The minimum atomic E-state index is -1.42. The molecule has 2 unspecified atom stereocenters. The lowest BCUT2D eigenvalue weighted by molar-refractivity contribution is 0.292. The summed E-state index contributed by atoms with van der Waals surface area (Å²) < 4.78 is 27.7. The van der Waals surface area contributed by atoms with Crippen LogP contribution in [-0.4, -0.2) is 6.04 Å². The first-order valence-electron chi connectivity index (χ1n) is 6.41. The summed E-state index contributed by atoms with van der Waals surface area (Å²) in [7, 11) is 0. The molecule has 1 aliphatic carbocycles. The van der Waals surface area contributed by atoms with Gasteiger partial charge in [0.05, 0.1) is 0 Å². The van der Waals surface area contributed by atoms with Crippen LogP contribution in [0.2, 0.25) is 0 Å². The lowest BCUT2D eigenvalue weighted by Crippen LogP contribution is -2.22. The maximum atomic E-state index is 14.6. The van der Waals surface area contributed by atoms with E-state index in [2.05, 4.69) is 5.32 Å². The van der Waals surface area contributed by atoms with Gasteiger partial charge in [0, 0.05) is 19.0 Å². The molecule has 0 amide bonds. The Morgan fingerprint density at radius 1 is 1.11 bits per heavy atom. The topological polar surface area (TPSA) is 12.0 Å². The Labute approximate surface area is 111 Å². The summed E-state index contributed by atoms with van der Waals surface area (Å²) in [6.07, 6.45) is 0.406. The fourth-order valence-corrected chi connectivity index (χ4v) is 2.38. The van der Waals surface area contributed by atoms with Gasteiger partial charge in [-0.25, -0.2) is 8.78 Å². The van der Waals surface area contributed by atoms with Crippen molar-refractivity contribution in [1.29, 1.82) is 0 Å². The van der Waals surface area contributed by atoms with E-state index in [1.54, 1.807) is 12.1 Å². The summed E-state index contributed by atoms with van der Waals surface area (Å²) in [5.41, 5.74) is 0.130. The average Bonchev–Trinajstić information content (AvgIpc) is 3.10. The van der Waals surface area contributed by atoms with E-state index in [4.69, 9.17) is 0 Å². The molecule has 1 fully saturated rings. The average molecular weight is 259 g/mol. The normalized spacial score (nSPS) is 25.3. The molecule has 19 heavy (non-hydrogen) atoms. The molecule has 2 aromatic carbocycles. The van der Waals surface area contributed by atoms with Gasteiger partial charge in [0.25, 0.3) is 0 Å². The van der Waals surface area contributed by atoms with Crippen LogP contribution in [-0.2, 0) is 12.2 Å². The van der Waals surface area contributed by atoms with E-state index in [0.717, 1.165) is 5.56 Å². The van der Waals surface area contributed by atoms with Crippen molar-refractivity contribution < 1.29 is 8.78 Å². The Morgan fingerprint density at radius 2 is 1.89 bits per heavy atom. The minimum absolute atomic E-state index is 0.227.